The van der Waals surface area contributed by atoms with Gasteiger partial charge >= 0.3 is 0 Å². The van der Waals surface area contributed by atoms with Crippen molar-refractivity contribution in [3.63, 3.8) is 0 Å². The summed E-state index contributed by atoms with van der Waals surface area (Å²) in [7, 11) is 1.59. The van der Waals surface area contributed by atoms with Gasteiger partial charge in [-0.25, -0.2) is 4.39 Å². The number of carbonyl (C=O) groups excluding carboxylic acids is 1. The van der Waals surface area contributed by atoms with Crippen LogP contribution in [0.4, 0.5) is 10.1 Å². The van der Waals surface area contributed by atoms with Gasteiger partial charge in [0.2, 0.25) is 0 Å². The minimum absolute atomic E-state index is 0.0125. The van der Waals surface area contributed by atoms with Crippen LogP contribution in [0.3, 0.4) is 0 Å². The molecule has 1 aromatic rings. The molecule has 20 heavy (non-hydrogen) atoms. The molecule has 7 heteroatoms. The van der Waals surface area contributed by atoms with Crippen molar-refractivity contribution in [2.45, 2.75) is 19.4 Å². The zero-order chi connectivity index (χ0) is 14.9. The summed E-state index contributed by atoms with van der Waals surface area (Å²) in [6.07, 6.45) is 0.789. The fourth-order valence-electron chi connectivity index (χ4n) is 2.34. The standard InChI is InChI=1S/C13H16FN3O3/c1-8-5-10(17(19)20)6-11(12(8)14)13(18)16(2)9-3-4-15-7-9/h5-6,9,15H,3-4,7H2,1-2H3. The van der Waals surface area contributed by atoms with Crippen molar-refractivity contribution in [2.75, 3.05) is 20.1 Å². The molecule has 6 nitrogen and oxygen atoms in total. The molecule has 0 spiro atoms. The van der Waals surface area contributed by atoms with Crippen LogP contribution in [-0.2, 0) is 0 Å². The Hall–Kier alpha value is -2.02. The molecule has 1 unspecified atom stereocenters. The Balaban J connectivity index is 2.35. The first kappa shape index (κ1) is 14.4. The Morgan fingerprint density at radius 3 is 2.80 bits per heavy atom. The normalized spacial score (nSPS) is 18.1. The molecule has 108 valence electrons. The lowest BCUT2D eigenvalue weighted by molar-refractivity contribution is -0.385. The Kier molecular flexibility index (Phi) is 3.99. The van der Waals surface area contributed by atoms with Gasteiger partial charge in [-0.3, -0.25) is 14.9 Å². The number of hydrogen-bond donors (Lipinski definition) is 1. The van der Waals surface area contributed by atoms with E-state index < -0.39 is 16.6 Å². The lowest BCUT2D eigenvalue weighted by Gasteiger charge is -2.24. The molecule has 1 atom stereocenters. The highest BCUT2D eigenvalue weighted by Crippen LogP contribution is 2.23. The van der Waals surface area contributed by atoms with Crippen LogP contribution in [0.25, 0.3) is 0 Å². The number of aryl methyl sites for hydroxylation is 1. The zero-order valence-electron chi connectivity index (χ0n) is 11.4. The minimum Gasteiger partial charge on any atom is -0.337 e. The maximum Gasteiger partial charge on any atom is 0.270 e. The van der Waals surface area contributed by atoms with Crippen LogP contribution in [0.1, 0.15) is 22.3 Å². The van der Waals surface area contributed by atoms with Gasteiger partial charge in [0.1, 0.15) is 5.82 Å². The number of hydrogen-bond acceptors (Lipinski definition) is 4. The number of nitro groups is 1. The molecule has 1 fully saturated rings. The molecule has 1 aliphatic heterocycles. The van der Waals surface area contributed by atoms with Gasteiger partial charge in [0.05, 0.1) is 10.5 Å². The second-order valence-electron chi connectivity index (χ2n) is 4.94. The number of nitrogens with zero attached hydrogens (tertiary/aromatic N) is 2. The van der Waals surface area contributed by atoms with Crippen LogP contribution in [0.2, 0.25) is 0 Å². The van der Waals surface area contributed by atoms with Crippen molar-refractivity contribution in [2.24, 2.45) is 0 Å². The number of rotatable bonds is 3. The number of amides is 1. The fourth-order valence-corrected chi connectivity index (χ4v) is 2.34. The average Bonchev–Trinajstić information content (AvgIpc) is 2.93. The minimum atomic E-state index is -0.696. The van der Waals surface area contributed by atoms with Gasteiger partial charge < -0.3 is 10.2 Å². The number of nitrogens with one attached hydrogen (secondary N) is 1. The SMILES string of the molecule is Cc1cc([N+](=O)[O-])cc(C(=O)N(C)C2CCNC2)c1F. The second kappa shape index (κ2) is 5.54. The largest absolute Gasteiger partial charge is 0.337 e. The van der Waals surface area contributed by atoms with E-state index in [0.717, 1.165) is 25.1 Å². The topological polar surface area (TPSA) is 75.5 Å². The summed E-state index contributed by atoms with van der Waals surface area (Å²) in [5, 5.41) is 13.9. The Morgan fingerprint density at radius 2 is 2.25 bits per heavy atom. The number of likely N-dealkylation sites (N-methyl/N-ethyl adjacent to an activating group) is 1. The maximum atomic E-state index is 14.1. The molecule has 0 bridgehead atoms. The van der Waals surface area contributed by atoms with E-state index in [1.807, 2.05) is 0 Å². The molecule has 2 rings (SSSR count). The van der Waals surface area contributed by atoms with Crippen LogP contribution in [0.5, 0.6) is 0 Å². The van der Waals surface area contributed by atoms with Gasteiger partial charge in [-0.15, -0.1) is 0 Å². The second-order valence-corrected chi connectivity index (χ2v) is 4.94. The van der Waals surface area contributed by atoms with Crippen LogP contribution >= 0.6 is 0 Å². The monoisotopic (exact) mass is 281 g/mol. The molecule has 1 heterocycles. The number of non-ortho nitro benzene ring substituents is 1. The van der Waals surface area contributed by atoms with Crippen LogP contribution in [0.15, 0.2) is 12.1 Å². The summed E-state index contributed by atoms with van der Waals surface area (Å²) in [4.78, 5) is 23.9. The number of halogens is 1. The molecule has 1 aliphatic rings. The van der Waals surface area contributed by atoms with Crippen molar-refractivity contribution in [1.82, 2.24) is 10.2 Å². The number of benzene rings is 1. The summed E-state index contributed by atoms with van der Waals surface area (Å²) in [6, 6.07) is 2.12. The van der Waals surface area contributed by atoms with Gasteiger partial charge in [-0.05, 0) is 25.5 Å². The quantitative estimate of drug-likeness (QED) is 0.672. The molecule has 0 radical (unpaired) electrons. The highest BCUT2D eigenvalue weighted by Gasteiger charge is 2.27. The molecule has 1 amide bonds. The third-order valence-electron chi connectivity index (χ3n) is 3.58. The van der Waals surface area contributed by atoms with E-state index in [0.29, 0.717) is 6.54 Å². The van der Waals surface area contributed by atoms with Crippen molar-refractivity contribution in [3.8, 4) is 0 Å². The summed E-state index contributed by atoms with van der Waals surface area (Å²) < 4.78 is 14.1. The van der Waals surface area contributed by atoms with E-state index in [9.17, 15) is 19.3 Å². The van der Waals surface area contributed by atoms with E-state index in [1.54, 1.807) is 7.05 Å². The highest BCUT2D eigenvalue weighted by molar-refractivity contribution is 5.95. The molecule has 1 saturated heterocycles. The van der Waals surface area contributed by atoms with Crippen LogP contribution < -0.4 is 5.32 Å². The lowest BCUT2D eigenvalue weighted by Crippen LogP contribution is -2.38. The summed E-state index contributed by atoms with van der Waals surface area (Å²) in [6.45, 7) is 2.87. The summed E-state index contributed by atoms with van der Waals surface area (Å²) in [5.74, 6) is -1.22. The Morgan fingerprint density at radius 1 is 1.55 bits per heavy atom. The van der Waals surface area contributed by atoms with Crippen molar-refractivity contribution in [1.29, 1.82) is 0 Å². The van der Waals surface area contributed by atoms with E-state index in [4.69, 9.17) is 0 Å². The molecule has 0 saturated carbocycles. The Bertz CT molecular complexity index is 556. The average molecular weight is 281 g/mol. The first-order chi connectivity index (χ1) is 9.41. The van der Waals surface area contributed by atoms with Gasteiger partial charge in [-0.1, -0.05) is 0 Å². The van der Waals surface area contributed by atoms with E-state index in [2.05, 4.69) is 5.32 Å². The summed E-state index contributed by atoms with van der Waals surface area (Å²) in [5.41, 5.74) is -0.420. The van der Waals surface area contributed by atoms with Gasteiger partial charge in [0, 0.05) is 31.8 Å². The highest BCUT2D eigenvalue weighted by atomic mass is 19.1. The predicted octanol–water partition coefficient (Wildman–Crippen LogP) is 1.48. The maximum absolute atomic E-state index is 14.1. The van der Waals surface area contributed by atoms with Crippen molar-refractivity contribution in [3.05, 3.63) is 39.2 Å². The summed E-state index contributed by atoms with van der Waals surface area (Å²) >= 11 is 0. The van der Waals surface area contributed by atoms with E-state index in [1.165, 1.54) is 11.8 Å². The van der Waals surface area contributed by atoms with Gasteiger partial charge in [0.25, 0.3) is 11.6 Å². The molecule has 0 aliphatic carbocycles. The third-order valence-corrected chi connectivity index (χ3v) is 3.58. The molecule has 0 aromatic heterocycles. The fraction of sp³-hybridized carbons (Fsp3) is 0.462. The number of nitro benzene ring substituents is 1. The first-order valence-corrected chi connectivity index (χ1v) is 6.34. The van der Waals surface area contributed by atoms with Crippen LogP contribution in [0, 0.1) is 22.9 Å². The van der Waals surface area contributed by atoms with E-state index >= 15 is 0 Å². The van der Waals surface area contributed by atoms with Crippen molar-refractivity contribution >= 4 is 11.6 Å². The van der Waals surface area contributed by atoms with Gasteiger partial charge in [0.15, 0.2) is 0 Å². The Labute approximate surface area is 115 Å². The first-order valence-electron chi connectivity index (χ1n) is 6.34. The molecular formula is C13H16FN3O3. The zero-order valence-corrected chi connectivity index (χ0v) is 11.4. The third kappa shape index (κ3) is 2.62. The van der Waals surface area contributed by atoms with Crippen LogP contribution in [-0.4, -0.2) is 41.9 Å². The molecule has 1 N–H and O–H groups in total. The smallest absolute Gasteiger partial charge is 0.270 e. The number of carbonyl (C=O) groups is 1. The molecule has 1 aromatic carbocycles. The lowest BCUT2D eigenvalue weighted by atomic mass is 10.1. The molecular weight excluding hydrogens is 265 g/mol. The predicted molar refractivity (Wildman–Crippen MR) is 71.2 cm³/mol. The van der Waals surface area contributed by atoms with Gasteiger partial charge in [-0.2, -0.15) is 0 Å². The van der Waals surface area contributed by atoms with Crippen molar-refractivity contribution < 1.29 is 14.1 Å². The van der Waals surface area contributed by atoms with E-state index in [-0.39, 0.29) is 22.9 Å².